The highest BCUT2D eigenvalue weighted by atomic mass is 16.3. The Balaban J connectivity index is 2.09. The van der Waals surface area contributed by atoms with Crippen molar-refractivity contribution in [3.63, 3.8) is 0 Å². The third-order valence-corrected chi connectivity index (χ3v) is 4.52. The lowest BCUT2D eigenvalue weighted by molar-refractivity contribution is 0.199. The smallest absolute Gasteiger partial charge is 0.128 e. The summed E-state index contributed by atoms with van der Waals surface area (Å²) < 4.78 is 0. The zero-order chi connectivity index (χ0) is 13.2. The van der Waals surface area contributed by atoms with Gasteiger partial charge < -0.3 is 10.0 Å². The maximum atomic E-state index is 9.49. The molecule has 1 aromatic heterocycles. The van der Waals surface area contributed by atoms with Gasteiger partial charge in [-0.25, -0.2) is 4.98 Å². The normalized spacial score (nSPS) is 20.1. The minimum atomic E-state index is -0.435. The van der Waals surface area contributed by atoms with E-state index < -0.39 is 6.10 Å². The van der Waals surface area contributed by atoms with Crippen molar-refractivity contribution in [2.45, 2.75) is 46.1 Å². The van der Waals surface area contributed by atoms with Gasteiger partial charge in [-0.05, 0) is 43.2 Å². The van der Waals surface area contributed by atoms with E-state index in [-0.39, 0.29) is 0 Å². The average Bonchev–Trinajstić information content (AvgIpc) is 2.84. The standard InChI is InChI=1S/C15H24N2O/c1-4-15(5-2)8-9-17(11-15)14-7-6-13(10-16-14)12(3)18/h6-7,10,12,18H,4-5,8-9,11H2,1-3H3/t12-/m0/s1. The Morgan fingerprint density at radius 3 is 2.56 bits per heavy atom. The van der Waals surface area contributed by atoms with Gasteiger partial charge in [0.15, 0.2) is 0 Å². The lowest BCUT2D eigenvalue weighted by atomic mass is 9.82. The van der Waals surface area contributed by atoms with Crippen molar-refractivity contribution in [2.75, 3.05) is 18.0 Å². The number of hydrogen-bond acceptors (Lipinski definition) is 3. The zero-order valence-electron chi connectivity index (χ0n) is 11.7. The molecule has 0 radical (unpaired) electrons. The molecular weight excluding hydrogens is 224 g/mol. The second kappa shape index (κ2) is 5.27. The van der Waals surface area contributed by atoms with Crippen LogP contribution in [0.3, 0.4) is 0 Å². The van der Waals surface area contributed by atoms with E-state index in [1.165, 1.54) is 19.3 Å². The molecule has 3 heteroatoms. The second-order valence-corrected chi connectivity index (χ2v) is 5.50. The molecule has 2 rings (SSSR count). The number of aromatic nitrogens is 1. The maximum Gasteiger partial charge on any atom is 0.128 e. The molecule has 1 saturated heterocycles. The predicted octanol–water partition coefficient (Wildman–Crippen LogP) is 3.15. The first-order valence-electron chi connectivity index (χ1n) is 6.99. The molecule has 1 aromatic rings. The van der Waals surface area contributed by atoms with Crippen molar-refractivity contribution in [1.82, 2.24) is 4.98 Å². The quantitative estimate of drug-likeness (QED) is 0.889. The Morgan fingerprint density at radius 2 is 2.11 bits per heavy atom. The molecule has 0 amide bonds. The van der Waals surface area contributed by atoms with Crippen molar-refractivity contribution >= 4 is 5.82 Å². The number of pyridine rings is 1. The van der Waals surface area contributed by atoms with Gasteiger partial charge in [-0.3, -0.25) is 0 Å². The van der Waals surface area contributed by atoms with Crippen molar-refractivity contribution in [2.24, 2.45) is 5.41 Å². The number of nitrogens with zero attached hydrogens (tertiary/aromatic N) is 2. The minimum absolute atomic E-state index is 0.435. The molecule has 18 heavy (non-hydrogen) atoms. The summed E-state index contributed by atoms with van der Waals surface area (Å²) in [5.41, 5.74) is 1.36. The fourth-order valence-electron chi connectivity index (χ4n) is 2.79. The summed E-state index contributed by atoms with van der Waals surface area (Å²) in [5.74, 6) is 1.04. The molecule has 1 aliphatic heterocycles. The molecule has 1 fully saturated rings. The molecule has 1 N–H and O–H groups in total. The predicted molar refractivity (Wildman–Crippen MR) is 74.7 cm³/mol. The Hall–Kier alpha value is -1.09. The largest absolute Gasteiger partial charge is 0.389 e. The summed E-state index contributed by atoms with van der Waals surface area (Å²) in [5, 5.41) is 9.49. The van der Waals surface area contributed by atoms with Crippen molar-refractivity contribution < 1.29 is 5.11 Å². The molecule has 3 nitrogen and oxygen atoms in total. The molecule has 0 aliphatic carbocycles. The van der Waals surface area contributed by atoms with Crippen LogP contribution in [-0.4, -0.2) is 23.2 Å². The molecule has 1 aliphatic rings. The van der Waals surface area contributed by atoms with Gasteiger partial charge in [0.1, 0.15) is 5.82 Å². The van der Waals surface area contributed by atoms with Crippen LogP contribution in [-0.2, 0) is 0 Å². The van der Waals surface area contributed by atoms with Gasteiger partial charge in [-0.2, -0.15) is 0 Å². The van der Waals surface area contributed by atoms with Crippen LogP contribution in [0.15, 0.2) is 18.3 Å². The van der Waals surface area contributed by atoms with Crippen LogP contribution in [0, 0.1) is 5.41 Å². The topological polar surface area (TPSA) is 36.4 Å². The number of rotatable bonds is 4. The Kier molecular flexibility index (Phi) is 3.91. The van der Waals surface area contributed by atoms with Crippen LogP contribution >= 0.6 is 0 Å². The zero-order valence-corrected chi connectivity index (χ0v) is 11.7. The summed E-state index contributed by atoms with van der Waals surface area (Å²) in [4.78, 5) is 6.86. The third kappa shape index (κ3) is 2.51. The lowest BCUT2D eigenvalue weighted by Gasteiger charge is -2.26. The molecule has 2 heterocycles. The van der Waals surface area contributed by atoms with Crippen molar-refractivity contribution in [3.05, 3.63) is 23.9 Å². The minimum Gasteiger partial charge on any atom is -0.389 e. The number of anilines is 1. The first-order valence-corrected chi connectivity index (χ1v) is 6.99. The Bertz CT molecular complexity index is 382. The molecular formula is C15H24N2O. The van der Waals surface area contributed by atoms with Crippen LogP contribution in [0.25, 0.3) is 0 Å². The van der Waals surface area contributed by atoms with Gasteiger partial charge in [0.25, 0.3) is 0 Å². The van der Waals surface area contributed by atoms with Gasteiger partial charge in [0.05, 0.1) is 6.10 Å². The summed E-state index contributed by atoms with van der Waals surface area (Å²) in [6, 6.07) is 4.01. The van der Waals surface area contributed by atoms with E-state index in [0.29, 0.717) is 5.41 Å². The summed E-state index contributed by atoms with van der Waals surface area (Å²) >= 11 is 0. The van der Waals surface area contributed by atoms with E-state index in [1.54, 1.807) is 13.1 Å². The van der Waals surface area contributed by atoms with Crippen LogP contribution < -0.4 is 4.90 Å². The fraction of sp³-hybridized carbons (Fsp3) is 0.667. The molecule has 0 spiro atoms. The van der Waals surface area contributed by atoms with Crippen LogP contribution in [0.2, 0.25) is 0 Å². The third-order valence-electron chi connectivity index (χ3n) is 4.52. The van der Waals surface area contributed by atoms with E-state index in [9.17, 15) is 5.11 Å². The first kappa shape index (κ1) is 13.3. The van der Waals surface area contributed by atoms with Crippen molar-refractivity contribution in [3.8, 4) is 0 Å². The second-order valence-electron chi connectivity index (χ2n) is 5.50. The van der Waals surface area contributed by atoms with E-state index in [0.717, 1.165) is 24.5 Å². The van der Waals surface area contributed by atoms with E-state index >= 15 is 0 Å². The molecule has 0 unspecified atom stereocenters. The Labute approximate surface area is 110 Å². The molecule has 0 saturated carbocycles. The SMILES string of the molecule is CCC1(CC)CCN(c2ccc([C@H](C)O)cn2)C1. The van der Waals surface area contributed by atoms with Crippen LogP contribution in [0.4, 0.5) is 5.82 Å². The molecule has 1 atom stereocenters. The highest BCUT2D eigenvalue weighted by molar-refractivity contribution is 5.41. The van der Waals surface area contributed by atoms with E-state index in [1.807, 2.05) is 12.1 Å². The summed E-state index contributed by atoms with van der Waals surface area (Å²) in [7, 11) is 0. The molecule has 0 aromatic carbocycles. The first-order chi connectivity index (χ1) is 8.60. The average molecular weight is 248 g/mol. The lowest BCUT2D eigenvalue weighted by Crippen LogP contribution is -2.26. The van der Waals surface area contributed by atoms with E-state index in [4.69, 9.17) is 0 Å². The summed E-state index contributed by atoms with van der Waals surface area (Å²) in [6.45, 7) is 8.56. The highest BCUT2D eigenvalue weighted by Gasteiger charge is 2.35. The molecule has 0 bridgehead atoms. The van der Waals surface area contributed by atoms with Gasteiger partial charge in [-0.1, -0.05) is 19.9 Å². The van der Waals surface area contributed by atoms with Crippen LogP contribution in [0.1, 0.15) is 51.7 Å². The number of aliphatic hydroxyl groups is 1. The number of aliphatic hydroxyl groups excluding tert-OH is 1. The van der Waals surface area contributed by atoms with Gasteiger partial charge in [0.2, 0.25) is 0 Å². The number of hydrogen-bond donors (Lipinski definition) is 1. The van der Waals surface area contributed by atoms with Gasteiger partial charge >= 0.3 is 0 Å². The van der Waals surface area contributed by atoms with Gasteiger partial charge in [0, 0.05) is 19.3 Å². The van der Waals surface area contributed by atoms with E-state index in [2.05, 4.69) is 23.7 Å². The Morgan fingerprint density at radius 1 is 1.39 bits per heavy atom. The monoisotopic (exact) mass is 248 g/mol. The maximum absolute atomic E-state index is 9.49. The fourth-order valence-corrected chi connectivity index (χ4v) is 2.79. The van der Waals surface area contributed by atoms with Gasteiger partial charge in [-0.15, -0.1) is 0 Å². The van der Waals surface area contributed by atoms with Crippen molar-refractivity contribution in [1.29, 1.82) is 0 Å². The highest BCUT2D eigenvalue weighted by Crippen LogP contribution is 2.38. The summed E-state index contributed by atoms with van der Waals surface area (Å²) in [6.07, 6.45) is 5.10. The molecule has 100 valence electrons. The van der Waals surface area contributed by atoms with Crippen LogP contribution in [0.5, 0.6) is 0 Å².